The Morgan fingerprint density at radius 2 is 1.83 bits per heavy atom. The lowest BCUT2D eigenvalue weighted by atomic mass is 10.1. The second-order valence-electron chi connectivity index (χ2n) is 7.47. The van der Waals surface area contributed by atoms with E-state index in [-0.39, 0.29) is 5.91 Å². The van der Waals surface area contributed by atoms with E-state index < -0.39 is 0 Å². The van der Waals surface area contributed by atoms with E-state index in [4.69, 9.17) is 0 Å². The van der Waals surface area contributed by atoms with Crippen molar-refractivity contribution in [3.63, 3.8) is 0 Å². The highest BCUT2D eigenvalue weighted by Gasteiger charge is 2.30. The predicted molar refractivity (Wildman–Crippen MR) is 91.5 cm³/mol. The lowest BCUT2D eigenvalue weighted by molar-refractivity contribution is -1.02. The molecule has 4 heteroatoms. The first kappa shape index (κ1) is 16.5. The number of carbonyl (C=O) groups excluding carboxylic acids is 1. The van der Waals surface area contributed by atoms with Gasteiger partial charge in [-0.2, -0.15) is 0 Å². The van der Waals surface area contributed by atoms with Crippen LogP contribution < -0.4 is 15.1 Å². The Bertz CT molecular complexity index is 533. The van der Waals surface area contributed by atoms with E-state index in [0.29, 0.717) is 12.6 Å². The Morgan fingerprint density at radius 3 is 2.48 bits per heavy atom. The monoisotopic (exact) mass is 317 g/mol. The number of carbonyl (C=O) groups is 1. The van der Waals surface area contributed by atoms with Gasteiger partial charge in [0.2, 0.25) is 0 Å². The first-order chi connectivity index (χ1) is 11.1. The molecule has 1 aliphatic carbocycles. The molecule has 1 saturated carbocycles. The van der Waals surface area contributed by atoms with Crippen LogP contribution in [-0.4, -0.2) is 44.7 Å². The average Bonchev–Trinajstić information content (AvgIpc) is 3.36. The van der Waals surface area contributed by atoms with Gasteiger partial charge in [0.25, 0.3) is 5.91 Å². The van der Waals surface area contributed by atoms with Crippen LogP contribution in [0.5, 0.6) is 0 Å². The molecule has 3 rings (SSSR count). The van der Waals surface area contributed by atoms with Gasteiger partial charge in [-0.05, 0) is 38.2 Å². The zero-order valence-corrected chi connectivity index (χ0v) is 14.5. The van der Waals surface area contributed by atoms with E-state index in [0.717, 1.165) is 38.6 Å². The fourth-order valence-corrected chi connectivity index (χ4v) is 3.63. The minimum atomic E-state index is 0.238. The maximum absolute atomic E-state index is 12.1. The van der Waals surface area contributed by atoms with Crippen LogP contribution in [0.15, 0.2) is 24.3 Å². The summed E-state index contributed by atoms with van der Waals surface area (Å²) in [7, 11) is 0. The maximum Gasteiger partial charge on any atom is 0.275 e. The van der Waals surface area contributed by atoms with E-state index in [2.05, 4.69) is 43.4 Å². The second kappa shape index (κ2) is 7.45. The van der Waals surface area contributed by atoms with Crippen LogP contribution in [0.2, 0.25) is 0 Å². The Hall–Kier alpha value is -1.39. The SMILES string of the molecule is Cc1ccccc1C[NH+]1CC[NH+](CC(=O)N[C@H](C)C2CC2)CC1. The van der Waals surface area contributed by atoms with Gasteiger partial charge in [0.05, 0.1) is 0 Å². The van der Waals surface area contributed by atoms with E-state index in [1.165, 1.54) is 28.9 Å². The van der Waals surface area contributed by atoms with E-state index in [1.54, 1.807) is 4.90 Å². The molecular formula is C19H31N3O+2. The summed E-state index contributed by atoms with van der Waals surface area (Å²) >= 11 is 0. The number of aryl methyl sites for hydroxylation is 1. The van der Waals surface area contributed by atoms with Gasteiger partial charge in [-0.25, -0.2) is 0 Å². The summed E-state index contributed by atoms with van der Waals surface area (Å²) < 4.78 is 0. The molecule has 126 valence electrons. The molecule has 2 fully saturated rings. The average molecular weight is 317 g/mol. The molecule has 0 unspecified atom stereocenters. The van der Waals surface area contributed by atoms with Crippen LogP contribution in [0, 0.1) is 12.8 Å². The first-order valence-corrected chi connectivity index (χ1v) is 9.13. The molecule has 0 aromatic heterocycles. The molecule has 3 N–H and O–H groups in total. The van der Waals surface area contributed by atoms with Crippen LogP contribution in [0.1, 0.15) is 30.9 Å². The zero-order chi connectivity index (χ0) is 16.2. The number of piperazine rings is 1. The summed E-state index contributed by atoms with van der Waals surface area (Å²) in [6, 6.07) is 9.05. The molecule has 0 radical (unpaired) electrons. The zero-order valence-electron chi connectivity index (χ0n) is 14.5. The van der Waals surface area contributed by atoms with Gasteiger partial charge >= 0.3 is 0 Å². The molecule has 1 saturated heterocycles. The minimum Gasteiger partial charge on any atom is -0.348 e. The van der Waals surface area contributed by atoms with Crippen molar-refractivity contribution < 1.29 is 14.6 Å². The molecule has 1 aromatic carbocycles. The largest absolute Gasteiger partial charge is 0.348 e. The van der Waals surface area contributed by atoms with Crippen molar-refractivity contribution in [1.82, 2.24) is 5.32 Å². The van der Waals surface area contributed by atoms with Crippen LogP contribution in [0.3, 0.4) is 0 Å². The third kappa shape index (κ3) is 4.79. The van der Waals surface area contributed by atoms with Crippen molar-refractivity contribution in [2.75, 3.05) is 32.7 Å². The molecule has 23 heavy (non-hydrogen) atoms. The van der Waals surface area contributed by atoms with Gasteiger partial charge < -0.3 is 15.1 Å². The number of hydrogen-bond acceptors (Lipinski definition) is 1. The highest BCUT2D eigenvalue weighted by atomic mass is 16.2. The van der Waals surface area contributed by atoms with Gasteiger partial charge in [-0.3, -0.25) is 4.79 Å². The topological polar surface area (TPSA) is 38.0 Å². The standard InChI is InChI=1S/C19H29N3O/c1-15-5-3-4-6-18(15)13-21-9-11-22(12-10-21)14-19(23)20-16(2)17-7-8-17/h3-6,16-17H,7-14H2,1-2H3,(H,20,23)/p+2/t16-/m1/s1. The third-order valence-corrected chi connectivity index (χ3v) is 5.49. The fraction of sp³-hybridized carbons (Fsp3) is 0.632. The first-order valence-electron chi connectivity index (χ1n) is 9.13. The van der Waals surface area contributed by atoms with E-state index in [9.17, 15) is 4.79 Å². The highest BCUT2D eigenvalue weighted by Crippen LogP contribution is 2.32. The van der Waals surface area contributed by atoms with Crippen molar-refractivity contribution in [3.05, 3.63) is 35.4 Å². The molecule has 1 amide bonds. The lowest BCUT2D eigenvalue weighted by Crippen LogP contribution is -3.28. The normalized spacial score (nSPS) is 25.8. The molecular weight excluding hydrogens is 286 g/mol. The molecule has 2 aliphatic rings. The summed E-state index contributed by atoms with van der Waals surface area (Å²) in [6.07, 6.45) is 2.57. The van der Waals surface area contributed by atoms with Gasteiger partial charge in [0.15, 0.2) is 6.54 Å². The summed E-state index contributed by atoms with van der Waals surface area (Å²) in [6.45, 7) is 10.6. The quantitative estimate of drug-likeness (QED) is 0.631. The van der Waals surface area contributed by atoms with Gasteiger partial charge in [-0.1, -0.05) is 24.3 Å². The molecule has 1 aliphatic heterocycles. The lowest BCUT2D eigenvalue weighted by Gasteiger charge is -2.30. The summed E-state index contributed by atoms with van der Waals surface area (Å²) in [5, 5.41) is 3.18. The highest BCUT2D eigenvalue weighted by molar-refractivity contribution is 5.77. The smallest absolute Gasteiger partial charge is 0.275 e. The maximum atomic E-state index is 12.1. The summed E-state index contributed by atoms with van der Waals surface area (Å²) in [5.41, 5.74) is 2.85. The summed E-state index contributed by atoms with van der Waals surface area (Å²) in [5.74, 6) is 0.978. The Balaban J connectivity index is 1.39. The number of amides is 1. The van der Waals surface area contributed by atoms with E-state index >= 15 is 0 Å². The number of hydrogen-bond donors (Lipinski definition) is 3. The minimum absolute atomic E-state index is 0.238. The predicted octanol–water partition coefficient (Wildman–Crippen LogP) is -0.807. The van der Waals surface area contributed by atoms with Crippen LogP contribution in [-0.2, 0) is 11.3 Å². The molecule has 1 aromatic rings. The Kier molecular flexibility index (Phi) is 5.34. The van der Waals surface area contributed by atoms with Gasteiger partial charge in [-0.15, -0.1) is 0 Å². The Labute approximate surface area is 139 Å². The van der Waals surface area contributed by atoms with Gasteiger partial charge in [0, 0.05) is 11.6 Å². The fourth-order valence-electron chi connectivity index (χ4n) is 3.63. The molecule has 1 atom stereocenters. The number of rotatable bonds is 6. The van der Waals surface area contributed by atoms with Crippen LogP contribution >= 0.6 is 0 Å². The Morgan fingerprint density at radius 1 is 1.17 bits per heavy atom. The molecule has 4 nitrogen and oxygen atoms in total. The van der Waals surface area contributed by atoms with Crippen molar-refractivity contribution in [3.8, 4) is 0 Å². The van der Waals surface area contributed by atoms with Gasteiger partial charge in [0.1, 0.15) is 32.7 Å². The number of benzene rings is 1. The number of quaternary nitrogens is 2. The third-order valence-electron chi connectivity index (χ3n) is 5.49. The second-order valence-corrected chi connectivity index (χ2v) is 7.47. The summed E-state index contributed by atoms with van der Waals surface area (Å²) in [4.78, 5) is 15.2. The van der Waals surface area contributed by atoms with Crippen molar-refractivity contribution in [2.45, 2.75) is 39.3 Å². The van der Waals surface area contributed by atoms with Crippen molar-refractivity contribution in [1.29, 1.82) is 0 Å². The molecule has 0 bridgehead atoms. The van der Waals surface area contributed by atoms with Crippen molar-refractivity contribution >= 4 is 5.91 Å². The van der Waals surface area contributed by atoms with Crippen LogP contribution in [0.25, 0.3) is 0 Å². The van der Waals surface area contributed by atoms with E-state index in [1.807, 2.05) is 0 Å². The van der Waals surface area contributed by atoms with Crippen LogP contribution in [0.4, 0.5) is 0 Å². The number of nitrogens with one attached hydrogen (secondary N) is 3. The van der Waals surface area contributed by atoms with Crippen molar-refractivity contribution in [2.24, 2.45) is 5.92 Å². The molecule has 1 heterocycles. The molecule has 0 spiro atoms.